The Morgan fingerprint density at radius 3 is 2.50 bits per heavy atom. The number of nitrogens with two attached hydrogens (primary N) is 1. The Balaban J connectivity index is 0.00000361. The van der Waals surface area contributed by atoms with Crippen LogP contribution in [0.25, 0.3) is 0 Å². The number of benzene rings is 1. The molecule has 3 nitrogen and oxygen atoms in total. The Bertz CT molecular complexity index is 465. The third-order valence-corrected chi connectivity index (χ3v) is 2.41. The molecule has 0 amide bonds. The number of carbonyl (C=O) groups excluding carboxylic acids is 1. The Kier molecular flexibility index (Phi) is 6.95. The molecule has 0 spiro atoms. The fourth-order valence-electron chi connectivity index (χ4n) is 1.61. The van der Waals surface area contributed by atoms with Crippen molar-refractivity contribution >= 4 is 18.4 Å². The van der Waals surface area contributed by atoms with Gasteiger partial charge in [-0.1, -0.05) is 0 Å². The van der Waals surface area contributed by atoms with Crippen LogP contribution in [-0.2, 0) is 15.7 Å². The van der Waals surface area contributed by atoms with E-state index in [-0.39, 0.29) is 19.0 Å². The van der Waals surface area contributed by atoms with E-state index in [9.17, 15) is 22.4 Å². The number of hydrogen-bond donors (Lipinski definition) is 1. The van der Waals surface area contributed by atoms with Gasteiger partial charge in [-0.2, -0.15) is 13.2 Å². The topological polar surface area (TPSA) is 52.3 Å². The molecule has 1 aromatic rings. The molecule has 0 aliphatic carbocycles. The minimum absolute atomic E-state index is 0. The SMILES string of the molecule is CCOC(=O)C[C@H](N)c1cc(F)ccc1C(F)(F)F.Cl. The second-order valence-corrected chi connectivity index (χ2v) is 3.84. The first-order valence-electron chi connectivity index (χ1n) is 5.53. The molecule has 0 heterocycles. The van der Waals surface area contributed by atoms with Crippen LogP contribution in [0.15, 0.2) is 18.2 Å². The van der Waals surface area contributed by atoms with E-state index in [0.717, 1.165) is 0 Å². The summed E-state index contributed by atoms with van der Waals surface area (Å²) in [5, 5.41) is 0. The van der Waals surface area contributed by atoms with Crippen molar-refractivity contribution in [3.63, 3.8) is 0 Å². The van der Waals surface area contributed by atoms with Crippen LogP contribution in [0.5, 0.6) is 0 Å². The quantitative estimate of drug-likeness (QED) is 0.685. The smallest absolute Gasteiger partial charge is 0.416 e. The highest BCUT2D eigenvalue weighted by atomic mass is 35.5. The molecule has 0 fully saturated rings. The third kappa shape index (κ3) is 4.97. The first-order valence-corrected chi connectivity index (χ1v) is 5.53. The zero-order chi connectivity index (χ0) is 14.6. The summed E-state index contributed by atoms with van der Waals surface area (Å²) >= 11 is 0. The van der Waals surface area contributed by atoms with E-state index < -0.39 is 41.6 Å². The van der Waals surface area contributed by atoms with Crippen molar-refractivity contribution in [2.45, 2.75) is 25.6 Å². The van der Waals surface area contributed by atoms with Crippen LogP contribution in [0.3, 0.4) is 0 Å². The fourth-order valence-corrected chi connectivity index (χ4v) is 1.61. The van der Waals surface area contributed by atoms with Gasteiger partial charge < -0.3 is 10.5 Å². The standard InChI is InChI=1S/C12H13F4NO2.ClH/c1-2-19-11(18)6-10(17)8-5-7(13)3-4-9(8)12(14,15)16;/h3-5,10H,2,6,17H2,1H3;1H/t10-;/m0./s1. The number of esters is 1. The van der Waals surface area contributed by atoms with Gasteiger partial charge in [-0.15, -0.1) is 12.4 Å². The second-order valence-electron chi connectivity index (χ2n) is 3.84. The molecule has 1 atom stereocenters. The number of ether oxygens (including phenoxy) is 1. The summed E-state index contributed by atoms with van der Waals surface area (Å²) in [5.41, 5.74) is 4.02. The van der Waals surface area contributed by atoms with Gasteiger partial charge in [0, 0.05) is 6.04 Å². The molecule has 114 valence electrons. The van der Waals surface area contributed by atoms with Crippen LogP contribution >= 0.6 is 12.4 Å². The second kappa shape index (κ2) is 7.44. The van der Waals surface area contributed by atoms with E-state index in [1.54, 1.807) is 6.92 Å². The number of halogens is 5. The van der Waals surface area contributed by atoms with Crippen molar-refractivity contribution < 1.29 is 27.1 Å². The lowest BCUT2D eigenvalue weighted by atomic mass is 9.98. The number of alkyl halides is 3. The lowest BCUT2D eigenvalue weighted by Gasteiger charge is -2.17. The number of carbonyl (C=O) groups is 1. The Morgan fingerprint density at radius 2 is 2.00 bits per heavy atom. The van der Waals surface area contributed by atoms with Gasteiger partial charge in [-0.25, -0.2) is 4.39 Å². The highest BCUT2D eigenvalue weighted by Crippen LogP contribution is 2.35. The molecule has 0 bridgehead atoms. The minimum atomic E-state index is -4.66. The third-order valence-electron chi connectivity index (χ3n) is 2.41. The van der Waals surface area contributed by atoms with Gasteiger partial charge in [0.15, 0.2) is 0 Å². The van der Waals surface area contributed by atoms with Gasteiger partial charge in [-0.05, 0) is 30.7 Å². The van der Waals surface area contributed by atoms with Crippen LogP contribution in [0.1, 0.15) is 30.5 Å². The van der Waals surface area contributed by atoms with Crippen molar-refractivity contribution in [2.24, 2.45) is 5.73 Å². The maximum absolute atomic E-state index is 13.0. The zero-order valence-corrected chi connectivity index (χ0v) is 11.4. The van der Waals surface area contributed by atoms with E-state index in [2.05, 4.69) is 4.74 Å². The Hall–Kier alpha value is -1.34. The van der Waals surface area contributed by atoms with E-state index in [1.807, 2.05) is 0 Å². The fraction of sp³-hybridized carbons (Fsp3) is 0.417. The van der Waals surface area contributed by atoms with Crippen LogP contribution in [0.4, 0.5) is 17.6 Å². The van der Waals surface area contributed by atoms with Gasteiger partial charge in [0.05, 0.1) is 18.6 Å². The lowest BCUT2D eigenvalue weighted by Crippen LogP contribution is -2.21. The maximum atomic E-state index is 13.0. The molecule has 0 unspecified atom stereocenters. The van der Waals surface area contributed by atoms with E-state index in [1.165, 1.54) is 0 Å². The first-order chi connectivity index (χ1) is 8.75. The lowest BCUT2D eigenvalue weighted by molar-refractivity contribution is -0.144. The molecule has 0 saturated carbocycles. The maximum Gasteiger partial charge on any atom is 0.416 e. The molecular weight excluding hydrogens is 302 g/mol. The molecule has 0 saturated heterocycles. The summed E-state index contributed by atoms with van der Waals surface area (Å²) in [6.45, 7) is 1.66. The summed E-state index contributed by atoms with van der Waals surface area (Å²) in [6.07, 6.45) is -5.10. The number of rotatable bonds is 4. The van der Waals surface area contributed by atoms with Gasteiger partial charge in [0.2, 0.25) is 0 Å². The molecule has 2 N–H and O–H groups in total. The first kappa shape index (κ1) is 18.7. The van der Waals surface area contributed by atoms with E-state index in [0.29, 0.717) is 18.2 Å². The van der Waals surface area contributed by atoms with Gasteiger partial charge in [-0.3, -0.25) is 4.79 Å². The highest BCUT2D eigenvalue weighted by molar-refractivity contribution is 5.85. The Morgan fingerprint density at radius 1 is 1.40 bits per heavy atom. The summed E-state index contributed by atoms with van der Waals surface area (Å²) in [5.74, 6) is -1.57. The molecule has 0 aliphatic rings. The van der Waals surface area contributed by atoms with Crippen molar-refractivity contribution in [2.75, 3.05) is 6.61 Å². The summed E-state index contributed by atoms with van der Waals surface area (Å²) in [4.78, 5) is 11.2. The highest BCUT2D eigenvalue weighted by Gasteiger charge is 2.35. The largest absolute Gasteiger partial charge is 0.466 e. The monoisotopic (exact) mass is 315 g/mol. The predicted octanol–water partition coefficient (Wildman–Crippen LogP) is 3.22. The summed E-state index contributed by atoms with van der Waals surface area (Å²) in [6, 6.07) is 0.720. The van der Waals surface area contributed by atoms with Crippen molar-refractivity contribution in [3.05, 3.63) is 35.1 Å². The van der Waals surface area contributed by atoms with E-state index >= 15 is 0 Å². The van der Waals surface area contributed by atoms with Gasteiger partial charge in [0.25, 0.3) is 0 Å². The zero-order valence-electron chi connectivity index (χ0n) is 10.5. The summed E-state index contributed by atoms with van der Waals surface area (Å²) in [7, 11) is 0. The molecule has 1 aromatic carbocycles. The van der Waals surface area contributed by atoms with Crippen LogP contribution in [-0.4, -0.2) is 12.6 Å². The average molecular weight is 316 g/mol. The normalized spacial score (nSPS) is 12.5. The van der Waals surface area contributed by atoms with Crippen molar-refractivity contribution in [3.8, 4) is 0 Å². The molecular formula is C12H14ClF4NO2. The molecule has 8 heteroatoms. The molecule has 0 radical (unpaired) electrons. The molecule has 0 aromatic heterocycles. The molecule has 1 rings (SSSR count). The Labute approximate surface area is 119 Å². The molecule has 20 heavy (non-hydrogen) atoms. The van der Waals surface area contributed by atoms with Crippen molar-refractivity contribution in [1.29, 1.82) is 0 Å². The van der Waals surface area contributed by atoms with Crippen LogP contribution in [0.2, 0.25) is 0 Å². The van der Waals surface area contributed by atoms with E-state index in [4.69, 9.17) is 5.73 Å². The summed E-state index contributed by atoms with van der Waals surface area (Å²) < 4.78 is 55.8. The minimum Gasteiger partial charge on any atom is -0.466 e. The van der Waals surface area contributed by atoms with Crippen LogP contribution in [0, 0.1) is 5.82 Å². The van der Waals surface area contributed by atoms with Crippen LogP contribution < -0.4 is 5.73 Å². The molecule has 0 aliphatic heterocycles. The average Bonchev–Trinajstić information content (AvgIpc) is 2.27. The predicted molar refractivity (Wildman–Crippen MR) is 66.8 cm³/mol. The van der Waals surface area contributed by atoms with Crippen molar-refractivity contribution in [1.82, 2.24) is 0 Å². The van der Waals surface area contributed by atoms with Gasteiger partial charge in [0.1, 0.15) is 5.82 Å². The van der Waals surface area contributed by atoms with Gasteiger partial charge >= 0.3 is 12.1 Å². The number of hydrogen-bond acceptors (Lipinski definition) is 3.